The SMILES string of the molecule is O=C(CC[C@H]1CCCCO1)N1CCCC[C@H]1c1nccs1. The molecule has 2 aliphatic rings. The van der Waals surface area contributed by atoms with E-state index in [1.165, 1.54) is 19.3 Å². The maximum atomic E-state index is 12.6. The van der Waals surface area contributed by atoms with Crippen LogP contribution in [0, 0.1) is 0 Å². The van der Waals surface area contributed by atoms with Crippen LogP contribution < -0.4 is 0 Å². The molecule has 1 aromatic rings. The molecule has 0 unspecified atom stereocenters. The Morgan fingerprint density at radius 1 is 1.33 bits per heavy atom. The summed E-state index contributed by atoms with van der Waals surface area (Å²) in [5, 5.41) is 3.10. The van der Waals surface area contributed by atoms with Gasteiger partial charge in [0.25, 0.3) is 0 Å². The number of hydrogen-bond donors (Lipinski definition) is 0. The first-order valence-corrected chi connectivity index (χ1v) is 9.03. The van der Waals surface area contributed by atoms with Crippen LogP contribution in [0.4, 0.5) is 0 Å². The highest BCUT2D eigenvalue weighted by atomic mass is 32.1. The van der Waals surface area contributed by atoms with Gasteiger partial charge in [-0.1, -0.05) is 0 Å². The Hall–Kier alpha value is -0.940. The van der Waals surface area contributed by atoms with Gasteiger partial charge < -0.3 is 9.64 Å². The lowest BCUT2D eigenvalue weighted by Crippen LogP contribution is -2.38. The number of nitrogens with zero attached hydrogens (tertiary/aromatic N) is 2. The lowest BCUT2D eigenvalue weighted by Gasteiger charge is -2.35. The molecule has 0 saturated carbocycles. The highest BCUT2D eigenvalue weighted by molar-refractivity contribution is 7.09. The molecule has 0 aromatic carbocycles. The van der Waals surface area contributed by atoms with Gasteiger partial charge in [-0.25, -0.2) is 4.98 Å². The van der Waals surface area contributed by atoms with Gasteiger partial charge in [-0.05, 0) is 44.9 Å². The summed E-state index contributed by atoms with van der Waals surface area (Å²) < 4.78 is 5.73. The molecule has 2 saturated heterocycles. The highest BCUT2D eigenvalue weighted by Gasteiger charge is 2.29. The summed E-state index contributed by atoms with van der Waals surface area (Å²) in [6, 6.07) is 0.207. The molecule has 2 atom stereocenters. The quantitative estimate of drug-likeness (QED) is 0.854. The fourth-order valence-electron chi connectivity index (χ4n) is 3.35. The lowest BCUT2D eigenvalue weighted by atomic mass is 10.0. The monoisotopic (exact) mass is 308 g/mol. The van der Waals surface area contributed by atoms with Crippen molar-refractivity contribution in [1.29, 1.82) is 0 Å². The summed E-state index contributed by atoms with van der Waals surface area (Å²) >= 11 is 1.67. The zero-order valence-electron chi connectivity index (χ0n) is 12.5. The molecule has 0 bridgehead atoms. The number of hydrogen-bond acceptors (Lipinski definition) is 4. The summed E-state index contributed by atoms with van der Waals surface area (Å²) in [6.45, 7) is 1.75. The van der Waals surface area contributed by atoms with Crippen molar-refractivity contribution in [2.75, 3.05) is 13.2 Å². The van der Waals surface area contributed by atoms with Gasteiger partial charge in [0.15, 0.2) is 0 Å². The average Bonchev–Trinajstić information content (AvgIpc) is 3.08. The maximum Gasteiger partial charge on any atom is 0.223 e. The average molecular weight is 308 g/mol. The number of rotatable bonds is 4. The number of carbonyl (C=O) groups is 1. The van der Waals surface area contributed by atoms with Crippen LogP contribution in [0.3, 0.4) is 0 Å². The Morgan fingerprint density at radius 2 is 2.24 bits per heavy atom. The first-order valence-electron chi connectivity index (χ1n) is 8.15. The molecule has 1 amide bonds. The maximum absolute atomic E-state index is 12.6. The molecule has 0 N–H and O–H groups in total. The number of piperidine rings is 1. The van der Waals surface area contributed by atoms with Crippen molar-refractivity contribution in [2.24, 2.45) is 0 Å². The second-order valence-electron chi connectivity index (χ2n) is 6.00. The van der Waals surface area contributed by atoms with E-state index in [2.05, 4.69) is 9.88 Å². The molecular weight excluding hydrogens is 284 g/mol. The predicted molar refractivity (Wildman–Crippen MR) is 83.2 cm³/mol. The first kappa shape index (κ1) is 15.0. The van der Waals surface area contributed by atoms with Gasteiger partial charge in [0, 0.05) is 31.1 Å². The minimum absolute atomic E-state index is 0.207. The topological polar surface area (TPSA) is 42.4 Å². The van der Waals surface area contributed by atoms with E-state index in [0.717, 1.165) is 43.8 Å². The van der Waals surface area contributed by atoms with Crippen LogP contribution in [0.5, 0.6) is 0 Å². The van der Waals surface area contributed by atoms with E-state index in [1.807, 2.05) is 11.6 Å². The van der Waals surface area contributed by atoms with Gasteiger partial charge in [0.1, 0.15) is 5.01 Å². The third kappa shape index (κ3) is 3.83. The molecule has 2 fully saturated rings. The highest BCUT2D eigenvalue weighted by Crippen LogP contribution is 2.32. The van der Waals surface area contributed by atoms with E-state index in [4.69, 9.17) is 4.74 Å². The van der Waals surface area contributed by atoms with Gasteiger partial charge in [0.05, 0.1) is 12.1 Å². The third-order valence-corrected chi connectivity index (χ3v) is 5.39. The van der Waals surface area contributed by atoms with Crippen LogP contribution in [-0.2, 0) is 9.53 Å². The van der Waals surface area contributed by atoms with Crippen molar-refractivity contribution in [2.45, 2.75) is 63.5 Å². The van der Waals surface area contributed by atoms with Gasteiger partial charge in [0.2, 0.25) is 5.91 Å². The van der Waals surface area contributed by atoms with Crippen molar-refractivity contribution < 1.29 is 9.53 Å². The first-order chi connectivity index (χ1) is 10.3. The molecule has 21 heavy (non-hydrogen) atoms. The number of aromatic nitrogens is 1. The number of amides is 1. The second-order valence-corrected chi connectivity index (χ2v) is 6.92. The Bertz CT molecular complexity index is 443. The van der Waals surface area contributed by atoms with Crippen molar-refractivity contribution in [3.8, 4) is 0 Å². The molecule has 0 spiro atoms. The summed E-state index contributed by atoms with van der Waals surface area (Å²) in [6.07, 6.45) is 10.5. The molecule has 0 radical (unpaired) electrons. The van der Waals surface area contributed by atoms with Crippen LogP contribution in [0.1, 0.15) is 62.4 Å². The van der Waals surface area contributed by atoms with Gasteiger partial charge in [-0.2, -0.15) is 0 Å². The molecule has 116 valence electrons. The molecule has 3 heterocycles. The molecule has 4 nitrogen and oxygen atoms in total. The second kappa shape index (κ2) is 7.36. The molecular formula is C16H24N2O2S. The van der Waals surface area contributed by atoms with Crippen molar-refractivity contribution in [3.63, 3.8) is 0 Å². The Balaban J connectivity index is 1.56. The van der Waals surface area contributed by atoms with Gasteiger partial charge in [-0.3, -0.25) is 4.79 Å². The smallest absolute Gasteiger partial charge is 0.223 e. The Labute approximate surface area is 130 Å². The molecule has 5 heteroatoms. The number of likely N-dealkylation sites (tertiary alicyclic amines) is 1. The molecule has 0 aliphatic carbocycles. The van der Waals surface area contributed by atoms with Gasteiger partial charge >= 0.3 is 0 Å². The van der Waals surface area contributed by atoms with E-state index in [0.29, 0.717) is 12.5 Å². The minimum atomic E-state index is 0.207. The van der Waals surface area contributed by atoms with E-state index < -0.39 is 0 Å². The number of ether oxygens (including phenoxy) is 1. The van der Waals surface area contributed by atoms with Crippen LogP contribution in [0.2, 0.25) is 0 Å². The standard InChI is InChI=1S/C16H24N2O2S/c19-15(8-7-13-5-2-4-11-20-13)18-10-3-1-6-14(18)16-17-9-12-21-16/h9,12-14H,1-8,10-11H2/t13-,14+/m1/s1. The molecule has 3 rings (SSSR count). The number of carbonyl (C=O) groups excluding carboxylic acids is 1. The fraction of sp³-hybridized carbons (Fsp3) is 0.750. The summed E-state index contributed by atoms with van der Waals surface area (Å²) in [5.41, 5.74) is 0. The van der Waals surface area contributed by atoms with Crippen LogP contribution in [-0.4, -0.2) is 35.0 Å². The minimum Gasteiger partial charge on any atom is -0.378 e. The van der Waals surface area contributed by atoms with Gasteiger partial charge in [-0.15, -0.1) is 11.3 Å². The number of thiazole rings is 1. The molecule has 1 aromatic heterocycles. The van der Waals surface area contributed by atoms with Crippen molar-refractivity contribution >= 4 is 17.2 Å². The van der Waals surface area contributed by atoms with Crippen molar-refractivity contribution in [3.05, 3.63) is 16.6 Å². The Morgan fingerprint density at radius 3 is 3.00 bits per heavy atom. The van der Waals surface area contributed by atoms with Crippen LogP contribution in [0.15, 0.2) is 11.6 Å². The third-order valence-electron chi connectivity index (χ3n) is 4.51. The lowest BCUT2D eigenvalue weighted by molar-refractivity contribution is -0.136. The summed E-state index contributed by atoms with van der Waals surface area (Å²) in [7, 11) is 0. The Kier molecular flexibility index (Phi) is 5.25. The van der Waals surface area contributed by atoms with E-state index in [9.17, 15) is 4.79 Å². The van der Waals surface area contributed by atoms with Crippen LogP contribution in [0.25, 0.3) is 0 Å². The van der Waals surface area contributed by atoms with E-state index in [-0.39, 0.29) is 11.9 Å². The zero-order chi connectivity index (χ0) is 14.5. The summed E-state index contributed by atoms with van der Waals surface area (Å²) in [5.74, 6) is 0.282. The van der Waals surface area contributed by atoms with Crippen molar-refractivity contribution in [1.82, 2.24) is 9.88 Å². The zero-order valence-corrected chi connectivity index (χ0v) is 13.3. The van der Waals surface area contributed by atoms with E-state index >= 15 is 0 Å². The fourth-order valence-corrected chi connectivity index (χ4v) is 4.13. The molecule has 2 aliphatic heterocycles. The largest absolute Gasteiger partial charge is 0.378 e. The van der Waals surface area contributed by atoms with Crippen LogP contribution >= 0.6 is 11.3 Å². The predicted octanol–water partition coefficient (Wildman–Crippen LogP) is 3.55. The summed E-state index contributed by atoms with van der Waals surface area (Å²) in [4.78, 5) is 19.1. The normalized spacial score (nSPS) is 26.8. The van der Waals surface area contributed by atoms with E-state index in [1.54, 1.807) is 11.3 Å².